The van der Waals surface area contributed by atoms with E-state index in [2.05, 4.69) is 4.99 Å². The summed E-state index contributed by atoms with van der Waals surface area (Å²) in [6, 6.07) is 24.3. The third-order valence-corrected chi connectivity index (χ3v) is 6.83. The van der Waals surface area contributed by atoms with Gasteiger partial charge in [0.15, 0.2) is 0 Å². The molecular formula is C22H22N2O2S2. The Morgan fingerprint density at radius 2 is 1.57 bits per heavy atom. The van der Waals surface area contributed by atoms with Gasteiger partial charge in [-0.05, 0) is 53.8 Å². The Morgan fingerprint density at radius 1 is 0.929 bits per heavy atom. The predicted molar refractivity (Wildman–Crippen MR) is 117 cm³/mol. The highest BCUT2D eigenvalue weighted by Crippen LogP contribution is 2.21. The van der Waals surface area contributed by atoms with Gasteiger partial charge in [-0.1, -0.05) is 42.5 Å². The molecule has 0 fully saturated rings. The quantitative estimate of drug-likeness (QED) is 0.408. The highest BCUT2D eigenvalue weighted by atomic mass is 32.2. The van der Waals surface area contributed by atoms with Crippen LogP contribution in [0.5, 0.6) is 0 Å². The molecule has 3 aromatic carbocycles. The Bertz CT molecular complexity index is 1030. The smallest absolute Gasteiger partial charge is 0.243 e. The number of hydrogen-bond donors (Lipinski definition) is 0. The summed E-state index contributed by atoms with van der Waals surface area (Å²) in [7, 11) is -1.96. The van der Waals surface area contributed by atoms with E-state index in [0.717, 1.165) is 11.1 Å². The molecule has 0 radical (unpaired) electrons. The number of thioether (sulfide) groups is 1. The van der Waals surface area contributed by atoms with Crippen LogP contribution in [0.1, 0.15) is 11.1 Å². The molecule has 0 aliphatic rings. The van der Waals surface area contributed by atoms with Crippen molar-refractivity contribution in [2.45, 2.75) is 16.3 Å². The standard InChI is InChI=1S/C22H22N2O2S2/c1-24(17-19-6-4-3-5-7-19)28(25,26)22-14-10-20(11-15-22)23-16-18-8-12-21(27-2)13-9-18/h3-16H,17H2,1-2H3. The molecule has 0 heterocycles. The van der Waals surface area contributed by atoms with Crippen LogP contribution in [0.15, 0.2) is 93.6 Å². The van der Waals surface area contributed by atoms with Gasteiger partial charge in [0.25, 0.3) is 0 Å². The van der Waals surface area contributed by atoms with Crippen molar-refractivity contribution >= 4 is 33.7 Å². The number of nitrogens with zero attached hydrogens (tertiary/aromatic N) is 2. The summed E-state index contributed by atoms with van der Waals surface area (Å²) in [6.07, 6.45) is 3.81. The van der Waals surface area contributed by atoms with E-state index in [0.29, 0.717) is 12.2 Å². The maximum atomic E-state index is 12.8. The number of aliphatic imine (C=N–C) groups is 1. The van der Waals surface area contributed by atoms with Crippen molar-refractivity contribution in [2.75, 3.05) is 13.3 Å². The SMILES string of the molecule is CSc1ccc(C=Nc2ccc(S(=O)(=O)N(C)Cc3ccccc3)cc2)cc1. The Hall–Kier alpha value is -2.41. The van der Waals surface area contributed by atoms with Crippen LogP contribution in [0.2, 0.25) is 0 Å². The van der Waals surface area contributed by atoms with E-state index in [9.17, 15) is 8.42 Å². The summed E-state index contributed by atoms with van der Waals surface area (Å²) in [5, 5.41) is 0. The molecule has 0 saturated carbocycles. The lowest BCUT2D eigenvalue weighted by Crippen LogP contribution is -2.26. The second-order valence-corrected chi connectivity index (χ2v) is 9.20. The first-order valence-corrected chi connectivity index (χ1v) is 11.4. The molecule has 0 atom stereocenters. The van der Waals surface area contributed by atoms with Crippen LogP contribution < -0.4 is 0 Å². The maximum Gasteiger partial charge on any atom is 0.243 e. The molecule has 0 amide bonds. The number of rotatable bonds is 7. The maximum absolute atomic E-state index is 12.8. The van der Waals surface area contributed by atoms with Crippen molar-refractivity contribution in [1.82, 2.24) is 4.31 Å². The molecular weight excluding hydrogens is 388 g/mol. The fourth-order valence-electron chi connectivity index (χ4n) is 2.65. The Kier molecular flexibility index (Phi) is 6.67. The molecule has 0 unspecified atom stereocenters. The average molecular weight is 411 g/mol. The zero-order chi connectivity index (χ0) is 20.0. The minimum Gasteiger partial charge on any atom is -0.256 e. The Balaban J connectivity index is 1.70. The van der Waals surface area contributed by atoms with Crippen molar-refractivity contribution in [1.29, 1.82) is 0 Å². The summed E-state index contributed by atoms with van der Waals surface area (Å²) in [4.78, 5) is 5.89. The zero-order valence-electron chi connectivity index (χ0n) is 15.8. The van der Waals surface area contributed by atoms with Crippen molar-refractivity contribution in [2.24, 2.45) is 4.99 Å². The van der Waals surface area contributed by atoms with Crippen molar-refractivity contribution in [3.63, 3.8) is 0 Å². The average Bonchev–Trinajstić information content (AvgIpc) is 2.73. The molecule has 0 saturated heterocycles. The van der Waals surface area contributed by atoms with E-state index in [1.165, 1.54) is 9.20 Å². The largest absolute Gasteiger partial charge is 0.256 e. The van der Waals surface area contributed by atoms with Crippen LogP contribution in [0.4, 0.5) is 5.69 Å². The van der Waals surface area contributed by atoms with Gasteiger partial charge in [-0.2, -0.15) is 4.31 Å². The van der Waals surface area contributed by atoms with Crippen LogP contribution in [0, 0.1) is 0 Å². The zero-order valence-corrected chi connectivity index (χ0v) is 17.5. The second-order valence-electron chi connectivity index (χ2n) is 6.27. The van der Waals surface area contributed by atoms with Crippen LogP contribution in [-0.2, 0) is 16.6 Å². The summed E-state index contributed by atoms with van der Waals surface area (Å²) < 4.78 is 26.9. The van der Waals surface area contributed by atoms with Crippen molar-refractivity contribution in [3.05, 3.63) is 90.0 Å². The third-order valence-electron chi connectivity index (χ3n) is 4.27. The molecule has 3 aromatic rings. The lowest BCUT2D eigenvalue weighted by atomic mass is 10.2. The monoisotopic (exact) mass is 410 g/mol. The summed E-state index contributed by atoms with van der Waals surface area (Å²) in [5.74, 6) is 0. The number of sulfonamides is 1. The molecule has 0 bridgehead atoms. The molecule has 6 heteroatoms. The van der Waals surface area contributed by atoms with Crippen LogP contribution in [0.25, 0.3) is 0 Å². The van der Waals surface area contributed by atoms with Crippen molar-refractivity contribution in [3.8, 4) is 0 Å². The van der Waals surface area contributed by atoms with E-state index in [1.807, 2.05) is 60.9 Å². The second kappa shape index (κ2) is 9.19. The summed E-state index contributed by atoms with van der Waals surface area (Å²) in [5.41, 5.74) is 2.65. The third kappa shape index (κ3) is 5.10. The highest BCUT2D eigenvalue weighted by Gasteiger charge is 2.20. The molecule has 144 valence electrons. The van der Waals surface area contributed by atoms with Gasteiger partial charge in [0.1, 0.15) is 0 Å². The van der Waals surface area contributed by atoms with E-state index >= 15 is 0 Å². The first-order chi connectivity index (χ1) is 13.5. The number of benzene rings is 3. The van der Waals surface area contributed by atoms with Crippen LogP contribution in [0.3, 0.4) is 0 Å². The molecule has 3 rings (SSSR count). The molecule has 0 N–H and O–H groups in total. The minimum absolute atomic E-state index is 0.259. The van der Waals surface area contributed by atoms with E-state index in [-0.39, 0.29) is 4.90 Å². The number of hydrogen-bond acceptors (Lipinski definition) is 4. The summed E-state index contributed by atoms with van der Waals surface area (Å²) >= 11 is 1.69. The van der Waals surface area contributed by atoms with Crippen LogP contribution in [-0.4, -0.2) is 32.2 Å². The lowest BCUT2D eigenvalue weighted by Gasteiger charge is -2.17. The summed E-state index contributed by atoms with van der Waals surface area (Å²) in [6.45, 7) is 0.328. The van der Waals surface area contributed by atoms with Gasteiger partial charge in [-0.15, -0.1) is 11.8 Å². The van der Waals surface area contributed by atoms with E-state index in [4.69, 9.17) is 0 Å². The molecule has 0 aromatic heterocycles. The van der Waals surface area contributed by atoms with E-state index < -0.39 is 10.0 Å². The minimum atomic E-state index is -3.55. The fraction of sp³-hybridized carbons (Fsp3) is 0.136. The van der Waals surface area contributed by atoms with Gasteiger partial charge in [0.05, 0.1) is 10.6 Å². The predicted octanol–water partition coefficient (Wildman–Crippen LogP) is 4.98. The van der Waals surface area contributed by atoms with Gasteiger partial charge in [0, 0.05) is 24.7 Å². The normalized spacial score (nSPS) is 12.0. The van der Waals surface area contributed by atoms with E-state index in [1.54, 1.807) is 49.3 Å². The van der Waals surface area contributed by atoms with Gasteiger partial charge in [-0.3, -0.25) is 4.99 Å². The van der Waals surface area contributed by atoms with Gasteiger partial charge >= 0.3 is 0 Å². The molecule has 0 aliphatic heterocycles. The first-order valence-electron chi connectivity index (χ1n) is 8.77. The Morgan fingerprint density at radius 3 is 2.18 bits per heavy atom. The highest BCUT2D eigenvalue weighted by molar-refractivity contribution is 7.98. The molecule has 0 aliphatic carbocycles. The lowest BCUT2D eigenvalue weighted by molar-refractivity contribution is 0.467. The van der Waals surface area contributed by atoms with Crippen LogP contribution >= 0.6 is 11.8 Å². The van der Waals surface area contributed by atoms with Gasteiger partial charge in [-0.25, -0.2) is 8.42 Å². The molecule has 0 spiro atoms. The Labute approximate surface area is 171 Å². The van der Waals surface area contributed by atoms with Crippen molar-refractivity contribution < 1.29 is 8.42 Å². The first kappa shape index (κ1) is 20.3. The van der Waals surface area contributed by atoms with Gasteiger partial charge < -0.3 is 0 Å². The fourth-order valence-corrected chi connectivity index (χ4v) is 4.22. The topological polar surface area (TPSA) is 49.7 Å². The molecule has 28 heavy (non-hydrogen) atoms. The van der Waals surface area contributed by atoms with Gasteiger partial charge in [0.2, 0.25) is 10.0 Å². The molecule has 4 nitrogen and oxygen atoms in total.